The average Bonchev–Trinajstić information content (AvgIpc) is 2.49. The Morgan fingerprint density at radius 3 is 1.33 bits per heavy atom. The summed E-state index contributed by atoms with van der Waals surface area (Å²) >= 11 is 5.67. The molecule has 0 fully saturated rings. The highest BCUT2D eigenvalue weighted by molar-refractivity contribution is 6.17. The second-order valence-corrected chi connectivity index (χ2v) is 8.35. The van der Waals surface area contributed by atoms with E-state index in [4.69, 9.17) is 16.3 Å². The molecule has 2 nitrogen and oxygen atoms in total. The number of halogens is 1. The summed E-state index contributed by atoms with van der Waals surface area (Å²) in [7, 11) is 0. The Kier molecular flexibility index (Phi) is 16.1. The first-order valence-electron chi connectivity index (χ1n) is 10.2. The summed E-state index contributed by atoms with van der Waals surface area (Å²) in [5.74, 6) is 0.770. The molecule has 0 radical (unpaired) electrons. The molecule has 3 heteroatoms. The van der Waals surface area contributed by atoms with Gasteiger partial charge in [0.2, 0.25) is 0 Å². The highest BCUT2D eigenvalue weighted by atomic mass is 35.5. The van der Waals surface area contributed by atoms with Gasteiger partial charge in [0.15, 0.2) is 0 Å². The molecule has 0 rings (SSSR count). The quantitative estimate of drug-likeness (QED) is 0.162. The SMILES string of the molecule is CC(C)(C)OC(=O)CCCCCCCCCCCCCCCCCl. The Morgan fingerprint density at radius 2 is 1.00 bits per heavy atom. The Bertz CT molecular complexity index is 284. The summed E-state index contributed by atoms with van der Waals surface area (Å²) < 4.78 is 5.31. The minimum absolute atomic E-state index is 0.0508. The van der Waals surface area contributed by atoms with E-state index in [0.717, 1.165) is 18.7 Å². The summed E-state index contributed by atoms with van der Waals surface area (Å²) in [5, 5.41) is 0. The molecule has 0 aromatic heterocycles. The first kappa shape index (κ1) is 23.8. The first-order valence-corrected chi connectivity index (χ1v) is 10.8. The number of unbranched alkanes of at least 4 members (excludes halogenated alkanes) is 13. The summed E-state index contributed by atoms with van der Waals surface area (Å²) in [6.07, 6.45) is 18.8. The van der Waals surface area contributed by atoms with Crippen LogP contribution < -0.4 is 0 Å². The van der Waals surface area contributed by atoms with Crippen LogP contribution in [0.3, 0.4) is 0 Å². The molecule has 0 N–H and O–H groups in total. The van der Waals surface area contributed by atoms with Crippen LogP contribution in [-0.2, 0) is 9.53 Å². The van der Waals surface area contributed by atoms with Gasteiger partial charge in [-0.3, -0.25) is 4.79 Å². The fraction of sp³-hybridized carbons (Fsp3) is 0.952. The first-order chi connectivity index (χ1) is 11.5. The molecule has 0 heterocycles. The normalized spacial score (nSPS) is 11.7. The third kappa shape index (κ3) is 19.8. The molecular formula is C21H41ClO2. The molecular weight excluding hydrogens is 320 g/mol. The molecule has 0 aliphatic carbocycles. The lowest BCUT2D eigenvalue weighted by Gasteiger charge is -2.19. The topological polar surface area (TPSA) is 26.3 Å². The standard InChI is InChI=1S/C21H41ClO2/c1-21(2,3)24-20(23)18-16-14-12-10-8-6-4-5-7-9-11-13-15-17-19-22/h4-19H2,1-3H3. The van der Waals surface area contributed by atoms with Gasteiger partial charge in [0.1, 0.15) is 5.60 Å². The molecule has 0 aliphatic heterocycles. The Morgan fingerprint density at radius 1 is 0.667 bits per heavy atom. The van der Waals surface area contributed by atoms with Crippen LogP contribution in [0.4, 0.5) is 0 Å². The van der Waals surface area contributed by atoms with Gasteiger partial charge < -0.3 is 4.74 Å². The lowest BCUT2D eigenvalue weighted by Crippen LogP contribution is -2.23. The van der Waals surface area contributed by atoms with Crippen molar-refractivity contribution in [3.05, 3.63) is 0 Å². The largest absolute Gasteiger partial charge is 0.460 e. The molecule has 0 spiro atoms. The van der Waals surface area contributed by atoms with Crippen molar-refractivity contribution < 1.29 is 9.53 Å². The van der Waals surface area contributed by atoms with E-state index in [9.17, 15) is 4.79 Å². The van der Waals surface area contributed by atoms with Crippen LogP contribution in [0, 0.1) is 0 Å². The summed E-state index contributed by atoms with van der Waals surface area (Å²) in [6, 6.07) is 0. The van der Waals surface area contributed by atoms with Crippen molar-refractivity contribution >= 4 is 17.6 Å². The van der Waals surface area contributed by atoms with E-state index in [0.29, 0.717) is 6.42 Å². The fourth-order valence-corrected chi connectivity index (χ4v) is 3.07. The fourth-order valence-electron chi connectivity index (χ4n) is 2.88. The second-order valence-electron chi connectivity index (χ2n) is 7.98. The van der Waals surface area contributed by atoms with E-state index in [1.807, 2.05) is 20.8 Å². The van der Waals surface area contributed by atoms with Gasteiger partial charge in [-0.05, 0) is 33.6 Å². The Hall–Kier alpha value is -0.240. The van der Waals surface area contributed by atoms with E-state index in [2.05, 4.69) is 0 Å². The average molecular weight is 361 g/mol. The Balaban J connectivity index is 3.14. The maximum atomic E-state index is 11.6. The lowest BCUT2D eigenvalue weighted by atomic mass is 10.0. The number of carbonyl (C=O) groups excluding carboxylic acids is 1. The summed E-state index contributed by atoms with van der Waals surface area (Å²) in [5.41, 5.74) is -0.346. The third-order valence-electron chi connectivity index (χ3n) is 4.18. The molecule has 0 saturated carbocycles. The molecule has 0 aromatic rings. The zero-order chi connectivity index (χ0) is 18.1. The third-order valence-corrected chi connectivity index (χ3v) is 4.45. The predicted molar refractivity (Wildman–Crippen MR) is 106 cm³/mol. The van der Waals surface area contributed by atoms with Crippen LogP contribution in [-0.4, -0.2) is 17.5 Å². The van der Waals surface area contributed by atoms with Crippen LogP contribution in [0.25, 0.3) is 0 Å². The minimum Gasteiger partial charge on any atom is -0.460 e. The van der Waals surface area contributed by atoms with E-state index in [1.54, 1.807) is 0 Å². The van der Waals surface area contributed by atoms with Gasteiger partial charge in [-0.25, -0.2) is 0 Å². The molecule has 0 bridgehead atoms. The van der Waals surface area contributed by atoms with Gasteiger partial charge in [-0.1, -0.05) is 77.0 Å². The summed E-state index contributed by atoms with van der Waals surface area (Å²) in [4.78, 5) is 11.6. The van der Waals surface area contributed by atoms with Gasteiger partial charge in [0.25, 0.3) is 0 Å². The monoisotopic (exact) mass is 360 g/mol. The molecule has 24 heavy (non-hydrogen) atoms. The zero-order valence-electron chi connectivity index (χ0n) is 16.5. The van der Waals surface area contributed by atoms with E-state index in [1.165, 1.54) is 77.0 Å². The smallest absolute Gasteiger partial charge is 0.306 e. The van der Waals surface area contributed by atoms with Crippen molar-refractivity contribution in [1.82, 2.24) is 0 Å². The van der Waals surface area contributed by atoms with Gasteiger partial charge in [-0.15, -0.1) is 11.6 Å². The highest BCUT2D eigenvalue weighted by Gasteiger charge is 2.15. The van der Waals surface area contributed by atoms with Gasteiger partial charge in [0, 0.05) is 12.3 Å². The maximum absolute atomic E-state index is 11.6. The summed E-state index contributed by atoms with van der Waals surface area (Å²) in [6.45, 7) is 5.77. The van der Waals surface area contributed by atoms with Crippen molar-refractivity contribution in [2.75, 3.05) is 5.88 Å². The number of esters is 1. The van der Waals surface area contributed by atoms with Crippen molar-refractivity contribution in [2.45, 2.75) is 123 Å². The Labute approximate surface area is 156 Å². The van der Waals surface area contributed by atoms with Gasteiger partial charge in [-0.2, -0.15) is 0 Å². The van der Waals surface area contributed by atoms with Gasteiger partial charge >= 0.3 is 5.97 Å². The van der Waals surface area contributed by atoms with Crippen LogP contribution >= 0.6 is 11.6 Å². The number of alkyl halides is 1. The van der Waals surface area contributed by atoms with E-state index < -0.39 is 0 Å². The number of hydrogen-bond acceptors (Lipinski definition) is 2. The lowest BCUT2D eigenvalue weighted by molar-refractivity contribution is -0.154. The molecule has 0 aromatic carbocycles. The second kappa shape index (κ2) is 16.2. The number of carbonyl (C=O) groups is 1. The predicted octanol–water partition coefficient (Wildman–Crippen LogP) is 7.42. The van der Waals surface area contributed by atoms with Crippen LogP contribution in [0.2, 0.25) is 0 Å². The van der Waals surface area contributed by atoms with E-state index in [-0.39, 0.29) is 11.6 Å². The van der Waals surface area contributed by atoms with E-state index >= 15 is 0 Å². The van der Waals surface area contributed by atoms with Crippen molar-refractivity contribution in [3.8, 4) is 0 Å². The minimum atomic E-state index is -0.346. The van der Waals surface area contributed by atoms with Crippen LogP contribution in [0.5, 0.6) is 0 Å². The van der Waals surface area contributed by atoms with Crippen molar-refractivity contribution in [1.29, 1.82) is 0 Å². The zero-order valence-corrected chi connectivity index (χ0v) is 17.3. The molecule has 0 aliphatic rings. The number of ether oxygens (including phenoxy) is 1. The molecule has 0 amide bonds. The molecule has 0 atom stereocenters. The van der Waals surface area contributed by atoms with Crippen LogP contribution in [0.15, 0.2) is 0 Å². The molecule has 144 valence electrons. The molecule has 0 saturated heterocycles. The van der Waals surface area contributed by atoms with Crippen molar-refractivity contribution in [2.24, 2.45) is 0 Å². The molecule has 0 unspecified atom stereocenters. The maximum Gasteiger partial charge on any atom is 0.306 e. The number of rotatable bonds is 16. The van der Waals surface area contributed by atoms with Crippen LogP contribution in [0.1, 0.15) is 117 Å². The van der Waals surface area contributed by atoms with Gasteiger partial charge in [0.05, 0.1) is 0 Å². The van der Waals surface area contributed by atoms with Crippen molar-refractivity contribution in [3.63, 3.8) is 0 Å². The highest BCUT2D eigenvalue weighted by Crippen LogP contribution is 2.14. The number of hydrogen-bond donors (Lipinski definition) is 0.